The summed E-state index contributed by atoms with van der Waals surface area (Å²) in [5.74, 6) is 1.93. The molecule has 2 aromatic rings. The normalized spacial score (nSPS) is 20.4. The van der Waals surface area contributed by atoms with E-state index in [4.69, 9.17) is 4.98 Å². The second-order valence-electron chi connectivity index (χ2n) is 6.00. The molecule has 5 nitrogen and oxygen atoms in total. The van der Waals surface area contributed by atoms with E-state index >= 15 is 0 Å². The van der Waals surface area contributed by atoms with Gasteiger partial charge in [0.2, 0.25) is 0 Å². The van der Waals surface area contributed by atoms with E-state index in [2.05, 4.69) is 21.4 Å². The van der Waals surface area contributed by atoms with Gasteiger partial charge in [-0.05, 0) is 50.8 Å². The molecule has 1 aliphatic carbocycles. The van der Waals surface area contributed by atoms with Crippen molar-refractivity contribution in [1.29, 1.82) is 0 Å². The molecule has 0 aromatic carbocycles. The third-order valence-corrected chi connectivity index (χ3v) is 4.44. The predicted octanol–water partition coefficient (Wildman–Crippen LogP) is 1.70. The molecule has 1 aliphatic heterocycles. The molecule has 2 aliphatic rings. The van der Waals surface area contributed by atoms with Crippen LogP contribution in [-0.4, -0.2) is 40.3 Å². The van der Waals surface area contributed by atoms with Gasteiger partial charge in [-0.3, -0.25) is 0 Å². The third-order valence-electron chi connectivity index (χ3n) is 4.44. The lowest BCUT2D eigenvalue weighted by Crippen LogP contribution is -2.37. The molecule has 3 heterocycles. The molecule has 1 saturated heterocycles. The standard InChI is InChI=1S/C15H21N5/c1-2-13(1)19(11-12-3-7-16-8-4-12)14-6-10-20-15(18-14)5-9-17-20/h5-6,9-10,12-13,16H,1-4,7-8,11H2. The van der Waals surface area contributed by atoms with Crippen molar-refractivity contribution >= 4 is 11.5 Å². The number of aromatic nitrogens is 3. The van der Waals surface area contributed by atoms with Crippen LogP contribution in [0.3, 0.4) is 0 Å². The van der Waals surface area contributed by atoms with Crippen molar-refractivity contribution in [3.05, 3.63) is 24.5 Å². The first-order chi connectivity index (χ1) is 9.90. The van der Waals surface area contributed by atoms with Gasteiger partial charge in [-0.1, -0.05) is 0 Å². The van der Waals surface area contributed by atoms with E-state index in [1.54, 1.807) is 6.20 Å². The van der Waals surface area contributed by atoms with Crippen LogP contribution in [0.1, 0.15) is 25.7 Å². The van der Waals surface area contributed by atoms with Crippen LogP contribution in [0.5, 0.6) is 0 Å². The van der Waals surface area contributed by atoms with Gasteiger partial charge in [0, 0.05) is 24.8 Å². The molecule has 5 heteroatoms. The van der Waals surface area contributed by atoms with Gasteiger partial charge in [0.15, 0.2) is 5.65 Å². The SMILES string of the molecule is c1cc2nc(N(CC3CCNCC3)C3CC3)ccn2n1. The van der Waals surface area contributed by atoms with Crippen molar-refractivity contribution in [3.8, 4) is 0 Å². The van der Waals surface area contributed by atoms with Gasteiger partial charge in [0.1, 0.15) is 5.82 Å². The minimum atomic E-state index is 0.711. The zero-order chi connectivity index (χ0) is 13.4. The number of rotatable bonds is 4. The topological polar surface area (TPSA) is 45.5 Å². The van der Waals surface area contributed by atoms with Gasteiger partial charge >= 0.3 is 0 Å². The summed E-state index contributed by atoms with van der Waals surface area (Å²) in [7, 11) is 0. The molecule has 0 atom stereocenters. The predicted molar refractivity (Wildman–Crippen MR) is 78.9 cm³/mol. The van der Waals surface area contributed by atoms with Crippen molar-refractivity contribution in [2.24, 2.45) is 5.92 Å². The molecular formula is C15H21N5. The largest absolute Gasteiger partial charge is 0.353 e. The van der Waals surface area contributed by atoms with Gasteiger partial charge in [-0.25, -0.2) is 9.50 Å². The Hall–Kier alpha value is -1.62. The van der Waals surface area contributed by atoms with Crippen LogP contribution in [0.25, 0.3) is 5.65 Å². The van der Waals surface area contributed by atoms with E-state index in [9.17, 15) is 0 Å². The molecule has 2 fully saturated rings. The lowest BCUT2D eigenvalue weighted by molar-refractivity contribution is 0.372. The van der Waals surface area contributed by atoms with E-state index in [0.717, 1.165) is 37.0 Å². The Labute approximate surface area is 119 Å². The van der Waals surface area contributed by atoms with E-state index in [-0.39, 0.29) is 0 Å². The fourth-order valence-electron chi connectivity index (χ4n) is 3.12. The summed E-state index contributed by atoms with van der Waals surface area (Å²) in [6.45, 7) is 3.49. The molecule has 0 amide bonds. The van der Waals surface area contributed by atoms with E-state index < -0.39 is 0 Å². The Morgan fingerprint density at radius 1 is 1.20 bits per heavy atom. The molecule has 0 radical (unpaired) electrons. The Morgan fingerprint density at radius 3 is 2.85 bits per heavy atom. The first kappa shape index (κ1) is 12.1. The highest BCUT2D eigenvalue weighted by Gasteiger charge is 2.32. The van der Waals surface area contributed by atoms with E-state index in [0.29, 0.717) is 6.04 Å². The number of nitrogens with zero attached hydrogens (tertiary/aromatic N) is 4. The lowest BCUT2D eigenvalue weighted by atomic mass is 9.97. The van der Waals surface area contributed by atoms with Crippen molar-refractivity contribution in [2.45, 2.75) is 31.7 Å². The molecule has 1 N–H and O–H groups in total. The second kappa shape index (κ2) is 5.05. The molecule has 2 aromatic heterocycles. The van der Waals surface area contributed by atoms with E-state index in [1.807, 2.05) is 16.8 Å². The quantitative estimate of drug-likeness (QED) is 0.919. The zero-order valence-corrected chi connectivity index (χ0v) is 11.7. The van der Waals surface area contributed by atoms with Crippen LogP contribution in [0.4, 0.5) is 5.82 Å². The molecule has 0 unspecified atom stereocenters. The minimum absolute atomic E-state index is 0.711. The van der Waals surface area contributed by atoms with Gasteiger partial charge in [-0.2, -0.15) is 5.10 Å². The number of nitrogens with one attached hydrogen (secondary N) is 1. The molecular weight excluding hydrogens is 250 g/mol. The molecule has 0 spiro atoms. The average Bonchev–Trinajstić information content (AvgIpc) is 3.22. The van der Waals surface area contributed by atoms with Crippen LogP contribution in [0, 0.1) is 5.92 Å². The molecule has 20 heavy (non-hydrogen) atoms. The molecule has 106 valence electrons. The number of hydrogen-bond acceptors (Lipinski definition) is 4. The summed E-state index contributed by atoms with van der Waals surface area (Å²) >= 11 is 0. The van der Waals surface area contributed by atoms with Crippen LogP contribution >= 0.6 is 0 Å². The summed E-state index contributed by atoms with van der Waals surface area (Å²) in [4.78, 5) is 7.30. The summed E-state index contributed by atoms with van der Waals surface area (Å²) in [6, 6.07) is 4.79. The van der Waals surface area contributed by atoms with Crippen molar-refractivity contribution in [2.75, 3.05) is 24.5 Å². The average molecular weight is 271 g/mol. The summed E-state index contributed by atoms with van der Waals surface area (Å²) in [5.41, 5.74) is 0.943. The zero-order valence-electron chi connectivity index (χ0n) is 11.7. The first-order valence-corrected chi connectivity index (χ1v) is 7.68. The lowest BCUT2D eigenvalue weighted by Gasteiger charge is -2.31. The number of hydrogen-bond donors (Lipinski definition) is 1. The van der Waals surface area contributed by atoms with Crippen LogP contribution in [0.2, 0.25) is 0 Å². The maximum atomic E-state index is 4.77. The van der Waals surface area contributed by atoms with Gasteiger partial charge in [0.25, 0.3) is 0 Å². The van der Waals surface area contributed by atoms with Crippen molar-refractivity contribution in [3.63, 3.8) is 0 Å². The fraction of sp³-hybridized carbons (Fsp3) is 0.600. The maximum absolute atomic E-state index is 4.77. The summed E-state index contributed by atoms with van der Waals surface area (Å²) < 4.78 is 1.83. The van der Waals surface area contributed by atoms with Crippen molar-refractivity contribution in [1.82, 2.24) is 19.9 Å². The monoisotopic (exact) mass is 271 g/mol. The fourth-order valence-corrected chi connectivity index (χ4v) is 3.12. The maximum Gasteiger partial charge on any atom is 0.157 e. The summed E-state index contributed by atoms with van der Waals surface area (Å²) in [5, 5.41) is 7.67. The van der Waals surface area contributed by atoms with Gasteiger partial charge in [0.05, 0.1) is 6.20 Å². The Morgan fingerprint density at radius 2 is 2.05 bits per heavy atom. The minimum Gasteiger partial charge on any atom is -0.353 e. The highest BCUT2D eigenvalue weighted by Crippen LogP contribution is 2.32. The number of piperidine rings is 1. The van der Waals surface area contributed by atoms with Crippen molar-refractivity contribution < 1.29 is 0 Å². The van der Waals surface area contributed by atoms with Gasteiger partial charge in [-0.15, -0.1) is 0 Å². The Bertz CT molecular complexity index is 583. The Balaban J connectivity index is 1.57. The molecule has 4 rings (SSSR count). The Kier molecular flexibility index (Phi) is 3.07. The molecule has 1 saturated carbocycles. The number of anilines is 1. The highest BCUT2D eigenvalue weighted by atomic mass is 15.3. The van der Waals surface area contributed by atoms with Crippen LogP contribution < -0.4 is 10.2 Å². The summed E-state index contributed by atoms with van der Waals surface area (Å²) in [6.07, 6.45) is 9.04. The first-order valence-electron chi connectivity index (χ1n) is 7.68. The third kappa shape index (κ3) is 2.38. The van der Waals surface area contributed by atoms with Crippen LogP contribution in [0.15, 0.2) is 24.5 Å². The van der Waals surface area contributed by atoms with E-state index in [1.165, 1.54) is 25.7 Å². The van der Waals surface area contributed by atoms with Crippen LogP contribution in [-0.2, 0) is 0 Å². The molecule has 0 bridgehead atoms. The highest BCUT2D eigenvalue weighted by molar-refractivity contribution is 5.48. The van der Waals surface area contributed by atoms with Gasteiger partial charge < -0.3 is 10.2 Å². The second-order valence-corrected chi connectivity index (χ2v) is 6.00. The smallest absolute Gasteiger partial charge is 0.157 e. The number of fused-ring (bicyclic) bond motifs is 1.